The Bertz CT molecular complexity index is 2380. The average Bonchev–Trinajstić information content (AvgIpc) is 3.42. The Labute approximate surface area is 386 Å². The number of unbranched alkanes of at least 4 members (excludes halogenated alkanes) is 2. The van der Waals surface area contributed by atoms with Gasteiger partial charge in [-0.1, -0.05) is 113 Å². The van der Waals surface area contributed by atoms with Crippen molar-refractivity contribution >= 4 is 77.6 Å². The smallest absolute Gasteiger partial charge is 0.331 e. The highest BCUT2D eigenvalue weighted by Gasteiger charge is 2.43. The fraction of sp³-hybridized carbons (Fsp3) is 0.375. The first-order valence-corrected chi connectivity index (χ1v) is 25.4. The second-order valence-corrected chi connectivity index (χ2v) is 21.0. The summed E-state index contributed by atoms with van der Waals surface area (Å²) in [5, 5.41) is 18.0. The monoisotopic (exact) mass is 954 g/mol. The minimum atomic E-state index is -3.67. The van der Waals surface area contributed by atoms with Crippen molar-refractivity contribution in [2.75, 3.05) is 34.4 Å². The van der Waals surface area contributed by atoms with Gasteiger partial charge < -0.3 is 29.5 Å². The Morgan fingerprint density at radius 1 is 0.625 bits per heavy atom. The normalized spacial score (nSPS) is 20.0. The lowest BCUT2D eigenvalue weighted by molar-refractivity contribution is -0.132. The van der Waals surface area contributed by atoms with Crippen LogP contribution >= 0.6 is 23.2 Å². The fourth-order valence-corrected chi connectivity index (χ4v) is 13.0. The third kappa shape index (κ3) is 12.2. The van der Waals surface area contributed by atoms with Crippen LogP contribution in [0.15, 0.2) is 119 Å². The quantitative estimate of drug-likeness (QED) is 0.0807. The Hall–Kier alpha value is -5.02. The molecule has 0 spiro atoms. The van der Waals surface area contributed by atoms with Gasteiger partial charge in [0.15, 0.2) is 19.7 Å². The fourth-order valence-electron chi connectivity index (χ4n) is 8.24. The summed E-state index contributed by atoms with van der Waals surface area (Å²) in [5.74, 6) is -2.11. The highest BCUT2D eigenvalue weighted by molar-refractivity contribution is 7.92. The molecule has 0 amide bonds. The number of nitrogens with zero attached hydrogens (tertiary/aromatic N) is 2. The molecule has 16 heteroatoms. The third-order valence-corrected chi connectivity index (χ3v) is 16.4. The molecule has 0 fully saturated rings. The van der Waals surface area contributed by atoms with Gasteiger partial charge in [0.25, 0.3) is 0 Å². The topological polar surface area (TPSA) is 168 Å². The summed E-state index contributed by atoms with van der Waals surface area (Å²) < 4.78 is 65.2. The van der Waals surface area contributed by atoms with E-state index in [4.69, 9.17) is 42.9 Å². The number of para-hydroxylation sites is 2. The predicted molar refractivity (Wildman–Crippen MR) is 253 cm³/mol. The van der Waals surface area contributed by atoms with Crippen LogP contribution in [0.2, 0.25) is 10.0 Å². The van der Waals surface area contributed by atoms with Crippen molar-refractivity contribution in [3.8, 4) is 11.5 Å². The first-order valence-electron chi connectivity index (χ1n) is 21.3. The minimum absolute atomic E-state index is 0.0267. The van der Waals surface area contributed by atoms with Crippen LogP contribution in [0.3, 0.4) is 0 Å². The highest BCUT2D eigenvalue weighted by atomic mass is 35.5. The van der Waals surface area contributed by atoms with Gasteiger partial charge in [-0.15, -0.1) is 0 Å². The summed E-state index contributed by atoms with van der Waals surface area (Å²) >= 11 is 12.9. The van der Waals surface area contributed by atoms with Gasteiger partial charge in [0.05, 0.1) is 67.4 Å². The molecule has 0 aliphatic carbocycles. The van der Waals surface area contributed by atoms with Crippen molar-refractivity contribution in [1.82, 2.24) is 0 Å². The molecule has 2 aliphatic rings. The molecule has 64 heavy (non-hydrogen) atoms. The number of sulfone groups is 2. The standard InChI is InChI=1S/2C24H28ClNO5S/c2*1-3-5-12-24(4-2)16-26(18-9-7-6-8-10-18)20-14-19(25)21(31-13-11-23(27)28)15-22(20)32(29,30)17-24/h2*6-11,13-15H,3-5,12,16-17H2,1-2H3,(H,27,28)/b2*13-11+/t2*24-/m10/s1. The molecule has 12 nitrogen and oxygen atoms in total. The summed E-state index contributed by atoms with van der Waals surface area (Å²) in [6.45, 7) is 9.40. The largest absolute Gasteiger partial charge is 0.478 e. The van der Waals surface area contributed by atoms with Crippen molar-refractivity contribution in [2.24, 2.45) is 10.8 Å². The van der Waals surface area contributed by atoms with E-state index in [0.717, 1.165) is 87.4 Å². The molecule has 6 rings (SSSR count). The molecule has 344 valence electrons. The van der Waals surface area contributed by atoms with Crippen molar-refractivity contribution in [3.05, 3.63) is 120 Å². The van der Waals surface area contributed by atoms with Gasteiger partial charge >= 0.3 is 11.9 Å². The molecule has 2 heterocycles. The SMILES string of the molecule is CCCC[C@@]1(CC)CN(c2ccccc2)c2cc(Cl)c(O/C=C/C(=O)O)cc2S(=O)(=O)C1.CCCC[C@]1(CC)CN(c2ccccc2)c2cc(Cl)c(O/C=C/C(=O)O)cc2S(=O)(=O)C1. The zero-order valence-electron chi connectivity index (χ0n) is 36.5. The lowest BCUT2D eigenvalue weighted by Crippen LogP contribution is -2.37. The van der Waals surface area contributed by atoms with E-state index in [1.807, 2.05) is 84.3 Å². The van der Waals surface area contributed by atoms with Gasteiger partial charge in [-0.3, -0.25) is 0 Å². The molecule has 0 aromatic heterocycles. The summed E-state index contributed by atoms with van der Waals surface area (Å²) in [6.07, 6.45) is 10.5. The zero-order valence-corrected chi connectivity index (χ0v) is 39.6. The summed E-state index contributed by atoms with van der Waals surface area (Å²) in [5.41, 5.74) is 1.94. The minimum Gasteiger partial charge on any atom is -0.478 e. The Balaban J connectivity index is 0.000000241. The number of fused-ring (bicyclic) bond motifs is 2. The van der Waals surface area contributed by atoms with Crippen molar-refractivity contribution in [2.45, 2.75) is 88.9 Å². The number of carboxylic acids is 2. The number of hydrogen-bond donors (Lipinski definition) is 2. The van der Waals surface area contributed by atoms with E-state index in [0.29, 0.717) is 24.5 Å². The molecule has 4 aromatic rings. The van der Waals surface area contributed by atoms with E-state index in [2.05, 4.69) is 13.8 Å². The molecular formula is C48H56Cl2N2O10S2. The summed E-state index contributed by atoms with van der Waals surface area (Å²) in [6, 6.07) is 25.3. The maximum absolute atomic E-state index is 13.6. The van der Waals surface area contributed by atoms with E-state index in [9.17, 15) is 26.4 Å². The number of carboxylic acid groups (broad SMARTS) is 2. The number of anilines is 4. The number of rotatable bonds is 16. The number of ether oxygens (including phenoxy) is 2. The third-order valence-electron chi connectivity index (χ3n) is 11.8. The molecule has 0 saturated heterocycles. The second kappa shape index (κ2) is 21.8. The number of hydrogen-bond acceptors (Lipinski definition) is 10. The average molecular weight is 956 g/mol. The van der Waals surface area contributed by atoms with E-state index < -0.39 is 42.4 Å². The predicted octanol–water partition coefficient (Wildman–Crippen LogP) is 11.7. The number of benzene rings is 4. The molecule has 0 radical (unpaired) electrons. The second-order valence-electron chi connectivity index (χ2n) is 16.3. The lowest BCUT2D eigenvalue weighted by atomic mass is 9.81. The van der Waals surface area contributed by atoms with Crippen LogP contribution in [0.4, 0.5) is 22.7 Å². The van der Waals surface area contributed by atoms with Gasteiger partial charge in [-0.2, -0.15) is 0 Å². The van der Waals surface area contributed by atoms with Gasteiger partial charge in [0.1, 0.15) is 11.5 Å². The molecule has 2 atom stereocenters. The molecular weight excluding hydrogens is 900 g/mol. The maximum atomic E-state index is 13.6. The van der Waals surface area contributed by atoms with Gasteiger partial charge in [0, 0.05) is 47.4 Å². The van der Waals surface area contributed by atoms with Crippen LogP contribution in [-0.2, 0) is 29.3 Å². The molecule has 2 aliphatic heterocycles. The van der Waals surface area contributed by atoms with E-state index in [-0.39, 0.29) is 42.8 Å². The van der Waals surface area contributed by atoms with Gasteiger partial charge in [-0.05, 0) is 62.1 Å². The summed E-state index contributed by atoms with van der Waals surface area (Å²) in [4.78, 5) is 25.8. The van der Waals surface area contributed by atoms with Crippen LogP contribution in [0, 0.1) is 10.8 Å². The molecule has 0 saturated carbocycles. The Kier molecular flexibility index (Phi) is 17.0. The van der Waals surface area contributed by atoms with Crippen molar-refractivity contribution < 1.29 is 46.1 Å². The zero-order chi connectivity index (χ0) is 46.7. The molecule has 0 bridgehead atoms. The van der Waals surface area contributed by atoms with Crippen LogP contribution < -0.4 is 19.3 Å². The van der Waals surface area contributed by atoms with Crippen LogP contribution in [-0.4, -0.2) is 63.6 Å². The number of aliphatic carboxylic acids is 2. The van der Waals surface area contributed by atoms with E-state index in [1.54, 1.807) is 12.1 Å². The maximum Gasteiger partial charge on any atom is 0.331 e. The molecule has 0 unspecified atom stereocenters. The lowest BCUT2D eigenvalue weighted by Gasteiger charge is -2.36. The van der Waals surface area contributed by atoms with Crippen LogP contribution in [0.1, 0.15) is 79.1 Å². The van der Waals surface area contributed by atoms with Crippen molar-refractivity contribution in [1.29, 1.82) is 0 Å². The van der Waals surface area contributed by atoms with Crippen molar-refractivity contribution in [3.63, 3.8) is 0 Å². The summed E-state index contributed by atoms with van der Waals surface area (Å²) in [7, 11) is -7.34. The number of halogens is 2. The Morgan fingerprint density at radius 3 is 1.30 bits per heavy atom. The number of carbonyl (C=O) groups is 2. The van der Waals surface area contributed by atoms with E-state index in [1.165, 1.54) is 12.1 Å². The van der Waals surface area contributed by atoms with Gasteiger partial charge in [0.2, 0.25) is 0 Å². The Morgan fingerprint density at radius 2 is 0.984 bits per heavy atom. The van der Waals surface area contributed by atoms with Gasteiger partial charge in [-0.25, -0.2) is 26.4 Å². The van der Waals surface area contributed by atoms with Crippen LogP contribution in [0.5, 0.6) is 11.5 Å². The first kappa shape index (κ1) is 50.0. The highest BCUT2D eigenvalue weighted by Crippen LogP contribution is 2.48. The van der Waals surface area contributed by atoms with E-state index >= 15 is 0 Å². The molecule has 4 aromatic carbocycles. The molecule has 2 N–H and O–H groups in total. The van der Waals surface area contributed by atoms with Crippen LogP contribution in [0.25, 0.3) is 0 Å². The first-order chi connectivity index (χ1) is 30.4.